The highest BCUT2D eigenvalue weighted by Gasteiger charge is 2.19. The van der Waals surface area contributed by atoms with Crippen molar-refractivity contribution >= 4 is 28.0 Å². The first kappa shape index (κ1) is 17.5. The van der Waals surface area contributed by atoms with Gasteiger partial charge in [-0.3, -0.25) is 15.1 Å². The molecule has 1 atom stereocenters. The monoisotopic (exact) mass is 350 g/mol. The van der Waals surface area contributed by atoms with Crippen LogP contribution < -0.4 is 5.32 Å². The van der Waals surface area contributed by atoms with Crippen LogP contribution in [0, 0.1) is 15.0 Å². The molecule has 132 valence electrons. The van der Waals surface area contributed by atoms with Crippen molar-refractivity contribution < 1.29 is 4.92 Å². The van der Waals surface area contributed by atoms with Gasteiger partial charge in [-0.2, -0.15) is 0 Å². The van der Waals surface area contributed by atoms with Crippen molar-refractivity contribution in [3.63, 3.8) is 0 Å². The van der Waals surface area contributed by atoms with E-state index in [0.29, 0.717) is 11.2 Å². The van der Waals surface area contributed by atoms with Crippen LogP contribution in [0.3, 0.4) is 0 Å². The number of fused-ring (bicyclic) bond motifs is 1. The van der Waals surface area contributed by atoms with Gasteiger partial charge in [0, 0.05) is 35.0 Å². The van der Waals surface area contributed by atoms with Crippen molar-refractivity contribution in [2.45, 2.75) is 25.8 Å². The molecular formula is C19H18N4O3. The molecule has 0 radical (unpaired) electrons. The van der Waals surface area contributed by atoms with Gasteiger partial charge >= 0.3 is 0 Å². The van der Waals surface area contributed by atoms with Crippen LogP contribution in [0.1, 0.15) is 31.4 Å². The van der Waals surface area contributed by atoms with E-state index in [-0.39, 0.29) is 11.7 Å². The van der Waals surface area contributed by atoms with E-state index in [1.807, 2.05) is 24.3 Å². The highest BCUT2D eigenvalue weighted by Crippen LogP contribution is 2.36. The second kappa shape index (κ2) is 7.69. The Kier molecular flexibility index (Phi) is 5.17. The van der Waals surface area contributed by atoms with Crippen LogP contribution in [-0.4, -0.2) is 9.91 Å². The zero-order valence-corrected chi connectivity index (χ0v) is 14.3. The molecule has 1 N–H and O–H groups in total. The molecule has 0 amide bonds. The molecule has 0 saturated carbocycles. The summed E-state index contributed by atoms with van der Waals surface area (Å²) in [5, 5.41) is 18.2. The molecule has 0 saturated heterocycles. The first-order valence-electron chi connectivity index (χ1n) is 8.36. The molecule has 0 bridgehead atoms. The summed E-state index contributed by atoms with van der Waals surface area (Å²) in [5.74, 6) is 0. The Bertz CT molecular complexity index is 941. The lowest BCUT2D eigenvalue weighted by Gasteiger charge is -2.21. The fourth-order valence-corrected chi connectivity index (χ4v) is 3.00. The average molecular weight is 350 g/mol. The molecule has 0 aliphatic rings. The Balaban J connectivity index is 1.98. The van der Waals surface area contributed by atoms with Crippen LogP contribution in [0.2, 0.25) is 0 Å². The molecule has 2 aromatic carbocycles. The van der Waals surface area contributed by atoms with Gasteiger partial charge in [0.25, 0.3) is 5.69 Å². The fraction of sp³-hybridized carbons (Fsp3) is 0.211. The van der Waals surface area contributed by atoms with Gasteiger partial charge < -0.3 is 5.32 Å². The van der Waals surface area contributed by atoms with E-state index in [1.54, 1.807) is 18.3 Å². The zero-order chi connectivity index (χ0) is 18.5. The lowest BCUT2D eigenvalue weighted by Crippen LogP contribution is -2.11. The number of benzene rings is 2. The number of non-ortho nitro benzene ring substituents is 1. The molecule has 3 aromatic rings. The standard InChI is InChI=1S/C19H18N4O3/c1-2-4-17(21-14-7-9-15(10-8-14)23(25)26)16-11-6-13-5-3-12-20-18(13)19(16)22-24/h3,5-12,17,21H,2,4H2,1H3. The quantitative estimate of drug-likeness (QED) is 0.345. The molecule has 0 fully saturated rings. The fourth-order valence-electron chi connectivity index (χ4n) is 3.00. The van der Waals surface area contributed by atoms with Crippen molar-refractivity contribution in [2.24, 2.45) is 5.18 Å². The number of nitrogens with one attached hydrogen (secondary N) is 1. The van der Waals surface area contributed by atoms with E-state index in [0.717, 1.165) is 29.5 Å². The van der Waals surface area contributed by atoms with Gasteiger partial charge in [-0.05, 0) is 29.8 Å². The normalized spacial score (nSPS) is 11.9. The minimum atomic E-state index is -0.434. The van der Waals surface area contributed by atoms with Crippen molar-refractivity contribution in [3.8, 4) is 0 Å². The van der Waals surface area contributed by atoms with Crippen molar-refractivity contribution in [2.75, 3.05) is 5.32 Å². The molecule has 0 spiro atoms. The van der Waals surface area contributed by atoms with Crippen LogP contribution in [0.15, 0.2) is 59.9 Å². The molecule has 1 aromatic heterocycles. The minimum absolute atomic E-state index is 0.0349. The van der Waals surface area contributed by atoms with Gasteiger partial charge in [-0.25, -0.2) is 0 Å². The summed E-state index contributed by atoms with van der Waals surface area (Å²) >= 11 is 0. The number of anilines is 1. The van der Waals surface area contributed by atoms with Crippen LogP contribution in [0.5, 0.6) is 0 Å². The molecule has 3 rings (SSSR count). The van der Waals surface area contributed by atoms with E-state index >= 15 is 0 Å². The molecular weight excluding hydrogens is 332 g/mol. The topological polar surface area (TPSA) is 97.5 Å². The van der Waals surface area contributed by atoms with Gasteiger partial charge in [0.2, 0.25) is 0 Å². The smallest absolute Gasteiger partial charge is 0.269 e. The number of nitro groups is 1. The maximum absolute atomic E-state index is 11.5. The van der Waals surface area contributed by atoms with E-state index < -0.39 is 4.92 Å². The van der Waals surface area contributed by atoms with Gasteiger partial charge in [-0.1, -0.05) is 31.5 Å². The summed E-state index contributed by atoms with van der Waals surface area (Å²) in [6, 6.07) is 13.6. The van der Waals surface area contributed by atoms with E-state index in [9.17, 15) is 15.0 Å². The second-order valence-electron chi connectivity index (χ2n) is 5.96. The number of aromatic nitrogens is 1. The number of hydrogen-bond donors (Lipinski definition) is 1. The second-order valence-corrected chi connectivity index (χ2v) is 5.96. The number of nitrogens with zero attached hydrogens (tertiary/aromatic N) is 3. The molecule has 7 nitrogen and oxygen atoms in total. The van der Waals surface area contributed by atoms with Crippen LogP contribution in [0.4, 0.5) is 17.1 Å². The number of pyridine rings is 1. The van der Waals surface area contributed by atoms with Crippen LogP contribution in [-0.2, 0) is 0 Å². The third-order valence-corrected chi connectivity index (χ3v) is 4.24. The Morgan fingerprint density at radius 2 is 1.96 bits per heavy atom. The predicted molar refractivity (Wildman–Crippen MR) is 102 cm³/mol. The Morgan fingerprint density at radius 1 is 1.19 bits per heavy atom. The van der Waals surface area contributed by atoms with Crippen molar-refractivity contribution in [3.05, 3.63) is 75.3 Å². The summed E-state index contributed by atoms with van der Waals surface area (Å²) in [7, 11) is 0. The maximum atomic E-state index is 11.5. The van der Waals surface area contributed by atoms with Crippen molar-refractivity contribution in [1.29, 1.82) is 0 Å². The van der Waals surface area contributed by atoms with Gasteiger partial charge in [-0.15, -0.1) is 4.91 Å². The molecule has 26 heavy (non-hydrogen) atoms. The third kappa shape index (κ3) is 3.51. The lowest BCUT2D eigenvalue weighted by atomic mass is 9.98. The number of nitroso groups, excluding NO2 is 1. The first-order chi connectivity index (χ1) is 12.6. The molecule has 0 aliphatic carbocycles. The molecule has 0 aliphatic heterocycles. The van der Waals surface area contributed by atoms with Gasteiger partial charge in [0.15, 0.2) is 0 Å². The first-order valence-corrected chi connectivity index (χ1v) is 8.36. The predicted octanol–water partition coefficient (Wildman–Crippen LogP) is 5.49. The lowest BCUT2D eigenvalue weighted by molar-refractivity contribution is -0.384. The molecule has 7 heteroatoms. The van der Waals surface area contributed by atoms with Gasteiger partial charge in [0.05, 0.1) is 16.5 Å². The van der Waals surface area contributed by atoms with Gasteiger partial charge in [0.1, 0.15) is 5.69 Å². The minimum Gasteiger partial charge on any atom is -0.378 e. The number of rotatable bonds is 7. The highest BCUT2D eigenvalue weighted by atomic mass is 16.6. The Labute approximate surface area is 150 Å². The third-order valence-electron chi connectivity index (χ3n) is 4.24. The summed E-state index contributed by atoms with van der Waals surface area (Å²) < 4.78 is 0. The largest absolute Gasteiger partial charge is 0.378 e. The van der Waals surface area contributed by atoms with Crippen molar-refractivity contribution in [1.82, 2.24) is 4.98 Å². The van der Waals surface area contributed by atoms with Crippen LogP contribution >= 0.6 is 0 Å². The maximum Gasteiger partial charge on any atom is 0.269 e. The summed E-state index contributed by atoms with van der Waals surface area (Å²) in [4.78, 5) is 26.2. The summed E-state index contributed by atoms with van der Waals surface area (Å²) in [5.41, 5.74) is 2.45. The number of nitro benzene ring substituents is 1. The molecule has 1 heterocycles. The zero-order valence-electron chi connectivity index (χ0n) is 14.3. The van der Waals surface area contributed by atoms with Crippen LogP contribution in [0.25, 0.3) is 10.9 Å². The average Bonchev–Trinajstić information content (AvgIpc) is 2.67. The Hall–Kier alpha value is -3.35. The summed E-state index contributed by atoms with van der Waals surface area (Å²) in [6.45, 7) is 2.05. The van der Waals surface area contributed by atoms with E-state index in [1.165, 1.54) is 12.1 Å². The van der Waals surface area contributed by atoms with E-state index in [2.05, 4.69) is 22.4 Å². The SMILES string of the molecule is CCCC(Nc1ccc([N+](=O)[O-])cc1)c1ccc2cccnc2c1N=O. The Morgan fingerprint density at radius 3 is 2.62 bits per heavy atom. The summed E-state index contributed by atoms with van der Waals surface area (Å²) in [6.07, 6.45) is 3.31. The molecule has 1 unspecified atom stereocenters. The number of hydrogen-bond acceptors (Lipinski definition) is 6. The highest BCUT2D eigenvalue weighted by molar-refractivity contribution is 5.90. The van der Waals surface area contributed by atoms with E-state index in [4.69, 9.17) is 0 Å².